The second-order valence-electron chi connectivity index (χ2n) is 10.2. The highest BCUT2D eigenvalue weighted by molar-refractivity contribution is 5.84. The summed E-state index contributed by atoms with van der Waals surface area (Å²) in [6.45, 7) is 5.76. The van der Waals surface area contributed by atoms with Crippen LogP contribution in [0.15, 0.2) is 72.8 Å². The standard InChI is InChI=1S/C32H36N2O6/c1-4-17-33(5-2)31(35)30(21-9-7-6-8-10-21)34-19-25(23-13-16-26-27(18-23)40-20-39-26)28(32(36)37)29(34)22-11-14-24(38-3)15-12-22/h6-16,18,25,28-30H,4-5,17,19-20H2,1-3H3,(H,36,37). The number of amides is 1. The summed E-state index contributed by atoms with van der Waals surface area (Å²) in [7, 11) is 1.60. The molecular weight excluding hydrogens is 508 g/mol. The number of methoxy groups -OCH3 is 1. The van der Waals surface area contributed by atoms with Crippen molar-refractivity contribution in [3.8, 4) is 17.2 Å². The Labute approximate surface area is 235 Å². The molecule has 210 valence electrons. The largest absolute Gasteiger partial charge is 0.497 e. The minimum Gasteiger partial charge on any atom is -0.497 e. The molecule has 0 spiro atoms. The number of aliphatic carboxylic acids is 1. The first-order chi connectivity index (χ1) is 19.5. The van der Waals surface area contributed by atoms with Gasteiger partial charge in [-0.25, -0.2) is 0 Å². The van der Waals surface area contributed by atoms with Gasteiger partial charge in [0.1, 0.15) is 11.8 Å². The summed E-state index contributed by atoms with van der Waals surface area (Å²) in [4.78, 5) is 31.3. The lowest BCUT2D eigenvalue weighted by atomic mass is 9.82. The summed E-state index contributed by atoms with van der Waals surface area (Å²) in [5.74, 6) is -0.197. The molecule has 1 fully saturated rings. The molecule has 5 rings (SSSR count). The molecular formula is C32H36N2O6. The van der Waals surface area contributed by atoms with Crippen molar-refractivity contribution in [2.24, 2.45) is 5.92 Å². The van der Waals surface area contributed by atoms with Gasteiger partial charge in [-0.3, -0.25) is 14.5 Å². The van der Waals surface area contributed by atoms with Gasteiger partial charge >= 0.3 is 5.97 Å². The second kappa shape index (κ2) is 12.0. The van der Waals surface area contributed by atoms with Gasteiger partial charge in [-0.2, -0.15) is 0 Å². The van der Waals surface area contributed by atoms with Gasteiger partial charge in [-0.05, 0) is 54.3 Å². The van der Waals surface area contributed by atoms with Gasteiger partial charge in [0.25, 0.3) is 0 Å². The molecule has 0 aliphatic carbocycles. The lowest BCUT2D eigenvalue weighted by molar-refractivity contribution is -0.145. The number of ether oxygens (including phenoxy) is 3. The molecule has 0 bridgehead atoms. The van der Waals surface area contributed by atoms with Gasteiger partial charge in [0.15, 0.2) is 11.5 Å². The first-order valence-corrected chi connectivity index (χ1v) is 13.8. The highest BCUT2D eigenvalue weighted by Crippen LogP contribution is 2.51. The van der Waals surface area contributed by atoms with Crippen LogP contribution in [0.25, 0.3) is 0 Å². The van der Waals surface area contributed by atoms with Crippen LogP contribution in [0.3, 0.4) is 0 Å². The topological polar surface area (TPSA) is 88.5 Å². The average Bonchev–Trinajstić information content (AvgIpc) is 3.61. The lowest BCUT2D eigenvalue weighted by Gasteiger charge is -2.36. The van der Waals surface area contributed by atoms with Gasteiger partial charge in [0.2, 0.25) is 12.7 Å². The maximum atomic E-state index is 14.3. The van der Waals surface area contributed by atoms with E-state index in [1.54, 1.807) is 7.11 Å². The van der Waals surface area contributed by atoms with E-state index < -0.39 is 24.0 Å². The van der Waals surface area contributed by atoms with Gasteiger partial charge in [0, 0.05) is 31.6 Å². The first-order valence-electron chi connectivity index (χ1n) is 13.8. The molecule has 1 amide bonds. The first kappa shape index (κ1) is 27.5. The number of likely N-dealkylation sites (tertiary alicyclic amines) is 1. The summed E-state index contributed by atoms with van der Waals surface area (Å²) in [5.41, 5.74) is 2.51. The van der Waals surface area contributed by atoms with Crippen LogP contribution in [0.2, 0.25) is 0 Å². The fourth-order valence-electron chi connectivity index (χ4n) is 6.09. The van der Waals surface area contributed by atoms with Crippen molar-refractivity contribution in [3.63, 3.8) is 0 Å². The average molecular weight is 545 g/mol. The van der Waals surface area contributed by atoms with Crippen LogP contribution in [-0.4, -0.2) is 60.3 Å². The van der Waals surface area contributed by atoms with E-state index in [1.807, 2.05) is 84.6 Å². The third-order valence-electron chi connectivity index (χ3n) is 7.97. The molecule has 0 radical (unpaired) electrons. The monoisotopic (exact) mass is 544 g/mol. The number of hydrogen-bond acceptors (Lipinski definition) is 6. The Balaban J connectivity index is 1.66. The normalized spacial score (nSPS) is 20.7. The molecule has 0 saturated carbocycles. The Kier molecular flexibility index (Phi) is 8.26. The van der Waals surface area contributed by atoms with E-state index in [1.165, 1.54) is 0 Å². The fourth-order valence-corrected chi connectivity index (χ4v) is 6.09. The zero-order chi connectivity index (χ0) is 28.2. The predicted molar refractivity (Wildman–Crippen MR) is 151 cm³/mol. The van der Waals surface area contributed by atoms with Gasteiger partial charge in [-0.15, -0.1) is 0 Å². The van der Waals surface area contributed by atoms with Crippen molar-refractivity contribution in [1.82, 2.24) is 9.80 Å². The number of rotatable bonds is 10. The van der Waals surface area contributed by atoms with Crippen molar-refractivity contribution in [2.75, 3.05) is 33.5 Å². The van der Waals surface area contributed by atoms with E-state index in [9.17, 15) is 14.7 Å². The van der Waals surface area contributed by atoms with Crippen LogP contribution in [0, 0.1) is 5.92 Å². The third-order valence-corrected chi connectivity index (χ3v) is 7.97. The molecule has 2 aliphatic rings. The number of benzene rings is 3. The summed E-state index contributed by atoms with van der Waals surface area (Å²) in [6, 6.07) is 21.6. The number of likely N-dealkylation sites (N-methyl/N-ethyl adjacent to an activating group) is 1. The Morgan fingerprint density at radius 1 is 1.00 bits per heavy atom. The zero-order valence-corrected chi connectivity index (χ0v) is 23.2. The van der Waals surface area contributed by atoms with Gasteiger partial charge in [-0.1, -0.05) is 55.5 Å². The minimum absolute atomic E-state index is 0.0236. The third kappa shape index (κ3) is 5.23. The molecule has 1 N–H and O–H groups in total. The summed E-state index contributed by atoms with van der Waals surface area (Å²) in [5, 5.41) is 10.7. The number of nitrogens with zero attached hydrogens (tertiary/aromatic N) is 2. The Bertz CT molecular complexity index is 1330. The number of hydrogen-bond donors (Lipinski definition) is 1. The summed E-state index contributed by atoms with van der Waals surface area (Å²) in [6.07, 6.45) is 0.834. The van der Waals surface area contributed by atoms with Crippen LogP contribution in [-0.2, 0) is 9.59 Å². The maximum absolute atomic E-state index is 14.3. The molecule has 0 aromatic heterocycles. The van der Waals surface area contributed by atoms with Crippen molar-refractivity contribution in [3.05, 3.63) is 89.5 Å². The minimum atomic E-state index is -0.911. The number of carboxylic acids is 1. The Morgan fingerprint density at radius 3 is 2.35 bits per heavy atom. The van der Waals surface area contributed by atoms with Crippen molar-refractivity contribution < 1.29 is 28.9 Å². The van der Waals surface area contributed by atoms with E-state index >= 15 is 0 Å². The maximum Gasteiger partial charge on any atom is 0.309 e. The van der Waals surface area contributed by atoms with Crippen molar-refractivity contribution >= 4 is 11.9 Å². The van der Waals surface area contributed by atoms with Crippen LogP contribution >= 0.6 is 0 Å². The predicted octanol–water partition coefficient (Wildman–Crippen LogP) is 5.27. The Hall–Kier alpha value is -4.04. The number of carbonyl (C=O) groups excluding carboxylic acids is 1. The van der Waals surface area contributed by atoms with Crippen LogP contribution in [0.5, 0.6) is 17.2 Å². The van der Waals surface area contributed by atoms with Gasteiger partial charge < -0.3 is 24.2 Å². The molecule has 4 atom stereocenters. The summed E-state index contributed by atoms with van der Waals surface area (Å²) >= 11 is 0. The van der Waals surface area contributed by atoms with E-state index in [0.29, 0.717) is 36.9 Å². The highest BCUT2D eigenvalue weighted by atomic mass is 16.7. The van der Waals surface area contributed by atoms with Crippen LogP contribution < -0.4 is 14.2 Å². The molecule has 1 saturated heterocycles. The molecule has 4 unspecified atom stereocenters. The van der Waals surface area contributed by atoms with Crippen LogP contribution in [0.4, 0.5) is 0 Å². The quantitative estimate of drug-likeness (QED) is 0.372. The van der Waals surface area contributed by atoms with E-state index in [2.05, 4.69) is 11.8 Å². The molecule has 2 heterocycles. The van der Waals surface area contributed by atoms with Crippen molar-refractivity contribution in [1.29, 1.82) is 0 Å². The zero-order valence-electron chi connectivity index (χ0n) is 23.2. The molecule has 40 heavy (non-hydrogen) atoms. The Morgan fingerprint density at radius 2 is 1.70 bits per heavy atom. The molecule has 8 heteroatoms. The SMILES string of the molecule is CCCN(CC)C(=O)C(c1ccccc1)N1CC(c2ccc3c(c2)OCO3)C(C(=O)O)C1c1ccc(OC)cc1. The number of carboxylic acid groups (broad SMARTS) is 1. The molecule has 8 nitrogen and oxygen atoms in total. The van der Waals surface area contributed by atoms with E-state index in [0.717, 1.165) is 23.1 Å². The molecule has 3 aromatic rings. The number of carbonyl (C=O) groups is 2. The smallest absolute Gasteiger partial charge is 0.309 e. The molecule has 3 aromatic carbocycles. The van der Waals surface area contributed by atoms with Crippen molar-refractivity contribution in [2.45, 2.75) is 38.3 Å². The van der Waals surface area contributed by atoms with E-state index in [4.69, 9.17) is 14.2 Å². The van der Waals surface area contributed by atoms with Crippen LogP contribution in [0.1, 0.15) is 55.0 Å². The lowest BCUT2D eigenvalue weighted by Crippen LogP contribution is -2.44. The highest BCUT2D eigenvalue weighted by Gasteiger charge is 2.51. The molecule has 2 aliphatic heterocycles. The number of fused-ring (bicyclic) bond motifs is 1. The summed E-state index contributed by atoms with van der Waals surface area (Å²) < 4.78 is 16.5. The second-order valence-corrected chi connectivity index (χ2v) is 10.2. The van der Waals surface area contributed by atoms with E-state index in [-0.39, 0.29) is 18.6 Å². The fraction of sp³-hybridized carbons (Fsp3) is 0.375. The van der Waals surface area contributed by atoms with Gasteiger partial charge in [0.05, 0.1) is 13.0 Å².